The van der Waals surface area contributed by atoms with Crippen LogP contribution < -0.4 is 15.2 Å². The number of anilines is 1. The Labute approximate surface area is 201 Å². The van der Waals surface area contributed by atoms with E-state index >= 15 is 0 Å². The van der Waals surface area contributed by atoms with E-state index in [1.807, 2.05) is 0 Å². The van der Waals surface area contributed by atoms with Gasteiger partial charge < -0.3 is 20.1 Å². The molecule has 182 valence electrons. The molecule has 1 fully saturated rings. The number of halogens is 2. The van der Waals surface area contributed by atoms with Crippen LogP contribution in [0.1, 0.15) is 0 Å². The number of carbonyl (C=O) groups is 1. The molecular weight excluding hydrogens is 521 g/mol. The Morgan fingerprint density at radius 2 is 1.73 bits per heavy atom. The maximum Gasteiger partial charge on any atom is 0.314 e. The summed E-state index contributed by atoms with van der Waals surface area (Å²) in [4.78, 5) is 11.5. The molecule has 0 unspecified atom stereocenters. The molecule has 0 radical (unpaired) electrons. The first kappa shape index (κ1) is 27.0. The SMILES string of the molecule is CS(=O)(=O)Nc1ccc(S(=O)(=O)O)cc1Oc1ccc(Cl)cc1Cl.NC(=O)N1CCOCC1. The van der Waals surface area contributed by atoms with Gasteiger partial charge in [0.2, 0.25) is 10.0 Å². The standard InChI is InChI=1S/C13H11Cl2NO6S2.C5H10N2O2/c1-23(17,18)16-11-4-3-9(24(19,20)21)7-13(11)22-12-5-2-8(14)6-10(12)15;6-5(8)7-1-3-9-4-2-7/h2-7,16H,1H3,(H,19,20,21);1-4H2,(H2,6,8). The maximum atomic E-state index is 11.4. The van der Waals surface area contributed by atoms with Crippen LogP contribution in [0.2, 0.25) is 10.0 Å². The highest BCUT2D eigenvalue weighted by Gasteiger charge is 2.17. The summed E-state index contributed by atoms with van der Waals surface area (Å²) in [5, 5.41) is 0.485. The number of sulfonamides is 1. The predicted octanol–water partition coefficient (Wildman–Crippen LogP) is 2.80. The van der Waals surface area contributed by atoms with Gasteiger partial charge in [-0.15, -0.1) is 0 Å². The van der Waals surface area contributed by atoms with Crippen LogP contribution in [-0.4, -0.2) is 64.9 Å². The second-order valence-corrected chi connectivity index (χ2v) is 10.6. The van der Waals surface area contributed by atoms with E-state index < -0.39 is 25.0 Å². The van der Waals surface area contributed by atoms with Crippen LogP contribution >= 0.6 is 23.2 Å². The van der Waals surface area contributed by atoms with Crippen LogP contribution in [0.4, 0.5) is 10.5 Å². The quantitative estimate of drug-likeness (QED) is 0.485. The molecule has 4 N–H and O–H groups in total. The van der Waals surface area contributed by atoms with Crippen molar-refractivity contribution in [2.75, 3.05) is 37.3 Å². The molecule has 0 aromatic heterocycles. The van der Waals surface area contributed by atoms with Gasteiger partial charge in [-0.25, -0.2) is 13.2 Å². The van der Waals surface area contributed by atoms with E-state index in [-0.39, 0.29) is 28.2 Å². The minimum Gasteiger partial charge on any atom is -0.454 e. The third kappa shape index (κ3) is 8.87. The number of nitrogens with one attached hydrogen (secondary N) is 1. The van der Waals surface area contributed by atoms with Gasteiger partial charge in [0.1, 0.15) is 5.75 Å². The Balaban J connectivity index is 0.000000357. The van der Waals surface area contributed by atoms with Gasteiger partial charge in [0.15, 0.2) is 5.75 Å². The zero-order valence-corrected chi connectivity index (χ0v) is 20.3. The highest BCUT2D eigenvalue weighted by molar-refractivity contribution is 7.92. The van der Waals surface area contributed by atoms with Gasteiger partial charge in [-0.2, -0.15) is 8.42 Å². The smallest absolute Gasteiger partial charge is 0.314 e. The van der Waals surface area contributed by atoms with Gasteiger partial charge in [0.05, 0.1) is 35.1 Å². The lowest BCUT2D eigenvalue weighted by Crippen LogP contribution is -2.43. The number of hydrogen-bond acceptors (Lipinski definition) is 7. The number of amides is 2. The Kier molecular flexibility index (Phi) is 9.17. The summed E-state index contributed by atoms with van der Waals surface area (Å²) in [6, 6.07) is 7.09. The van der Waals surface area contributed by atoms with E-state index in [4.69, 9.17) is 43.0 Å². The van der Waals surface area contributed by atoms with Gasteiger partial charge in [0, 0.05) is 24.2 Å². The second kappa shape index (κ2) is 11.2. The highest BCUT2D eigenvalue weighted by Crippen LogP contribution is 2.36. The number of hydrogen-bond donors (Lipinski definition) is 3. The number of benzene rings is 2. The van der Waals surface area contributed by atoms with Crippen molar-refractivity contribution in [3.05, 3.63) is 46.4 Å². The van der Waals surface area contributed by atoms with Crippen molar-refractivity contribution in [2.45, 2.75) is 4.90 Å². The van der Waals surface area contributed by atoms with E-state index in [0.717, 1.165) is 24.5 Å². The summed E-state index contributed by atoms with van der Waals surface area (Å²) < 4.78 is 67.2. The van der Waals surface area contributed by atoms with Crippen LogP contribution in [0.5, 0.6) is 11.5 Å². The monoisotopic (exact) mass is 541 g/mol. The number of primary amides is 1. The van der Waals surface area contributed by atoms with E-state index in [9.17, 15) is 21.6 Å². The number of urea groups is 1. The third-order valence-corrected chi connectivity index (χ3v) is 5.95. The lowest BCUT2D eigenvalue weighted by molar-refractivity contribution is 0.0554. The molecule has 2 aromatic carbocycles. The van der Waals surface area contributed by atoms with E-state index in [2.05, 4.69) is 4.72 Å². The number of ether oxygens (including phenoxy) is 2. The Bertz CT molecular complexity index is 1220. The Morgan fingerprint density at radius 1 is 1.09 bits per heavy atom. The van der Waals surface area contributed by atoms with Gasteiger partial charge >= 0.3 is 6.03 Å². The largest absolute Gasteiger partial charge is 0.454 e. The van der Waals surface area contributed by atoms with Crippen molar-refractivity contribution >= 4 is 55.1 Å². The third-order valence-electron chi connectivity index (χ3n) is 3.98. The zero-order chi connectivity index (χ0) is 24.8. The first-order valence-electron chi connectivity index (χ1n) is 9.10. The number of nitrogens with two attached hydrogens (primary N) is 1. The molecule has 3 rings (SSSR count). The fourth-order valence-corrected chi connectivity index (χ4v) is 4.00. The summed E-state index contributed by atoms with van der Waals surface area (Å²) in [6.07, 6.45) is 0.919. The topological polar surface area (TPSA) is 165 Å². The average molecular weight is 542 g/mol. The maximum absolute atomic E-state index is 11.4. The van der Waals surface area contributed by atoms with Crippen molar-refractivity contribution < 1.29 is 35.7 Å². The van der Waals surface area contributed by atoms with Crippen molar-refractivity contribution in [3.63, 3.8) is 0 Å². The lowest BCUT2D eigenvalue weighted by atomic mass is 10.3. The van der Waals surface area contributed by atoms with E-state index in [0.29, 0.717) is 31.3 Å². The molecule has 33 heavy (non-hydrogen) atoms. The van der Waals surface area contributed by atoms with Crippen LogP contribution in [0.25, 0.3) is 0 Å². The van der Waals surface area contributed by atoms with E-state index in [1.165, 1.54) is 18.2 Å². The van der Waals surface area contributed by atoms with E-state index in [1.54, 1.807) is 4.90 Å². The van der Waals surface area contributed by atoms with Crippen LogP contribution in [0, 0.1) is 0 Å². The molecule has 0 atom stereocenters. The number of nitrogens with zero attached hydrogens (tertiary/aromatic N) is 1. The molecule has 2 amide bonds. The summed E-state index contributed by atoms with van der Waals surface area (Å²) >= 11 is 11.8. The van der Waals surface area contributed by atoms with Gasteiger partial charge in [-0.1, -0.05) is 23.2 Å². The molecule has 11 nitrogen and oxygen atoms in total. The lowest BCUT2D eigenvalue weighted by Gasteiger charge is -2.24. The highest BCUT2D eigenvalue weighted by atomic mass is 35.5. The molecule has 0 saturated carbocycles. The molecule has 1 aliphatic heterocycles. The second-order valence-electron chi connectivity index (χ2n) is 6.62. The summed E-state index contributed by atoms with van der Waals surface area (Å²) in [6.45, 7) is 2.50. The normalized spacial score (nSPS) is 14.1. The molecule has 0 spiro atoms. The molecule has 2 aromatic rings. The Hall–Kier alpha value is -2.29. The first-order valence-corrected chi connectivity index (χ1v) is 13.2. The molecule has 0 aliphatic carbocycles. The zero-order valence-electron chi connectivity index (χ0n) is 17.2. The molecular formula is C18H21Cl2N3O8S2. The van der Waals surface area contributed by atoms with Gasteiger partial charge in [-0.3, -0.25) is 9.27 Å². The van der Waals surface area contributed by atoms with Crippen molar-refractivity contribution in [3.8, 4) is 11.5 Å². The molecule has 15 heteroatoms. The number of rotatable bonds is 5. The van der Waals surface area contributed by atoms with Crippen molar-refractivity contribution in [2.24, 2.45) is 5.73 Å². The molecule has 1 heterocycles. The van der Waals surface area contributed by atoms with Crippen molar-refractivity contribution in [1.29, 1.82) is 0 Å². The van der Waals surface area contributed by atoms with Gasteiger partial charge in [0.25, 0.3) is 10.1 Å². The van der Waals surface area contributed by atoms with Crippen LogP contribution in [0.15, 0.2) is 41.3 Å². The minimum absolute atomic E-state index is 0.0316. The average Bonchev–Trinajstić information content (AvgIpc) is 2.70. The number of morpholine rings is 1. The first-order chi connectivity index (χ1) is 15.3. The minimum atomic E-state index is -4.51. The predicted molar refractivity (Wildman–Crippen MR) is 123 cm³/mol. The van der Waals surface area contributed by atoms with Crippen LogP contribution in [-0.2, 0) is 24.9 Å². The summed E-state index contributed by atoms with van der Waals surface area (Å²) in [7, 11) is -8.16. The molecule has 0 bridgehead atoms. The van der Waals surface area contributed by atoms with Crippen molar-refractivity contribution in [1.82, 2.24) is 4.90 Å². The molecule has 1 aliphatic rings. The summed E-state index contributed by atoms with van der Waals surface area (Å²) in [5.74, 6) is -0.0510. The van der Waals surface area contributed by atoms with Crippen LogP contribution in [0.3, 0.4) is 0 Å². The van der Waals surface area contributed by atoms with Gasteiger partial charge in [-0.05, 0) is 30.3 Å². The molecule has 1 saturated heterocycles. The Morgan fingerprint density at radius 3 is 2.21 bits per heavy atom. The fourth-order valence-electron chi connectivity index (χ4n) is 2.49. The fraction of sp³-hybridized carbons (Fsp3) is 0.278. The number of carbonyl (C=O) groups excluding carboxylic acids is 1. The summed E-state index contributed by atoms with van der Waals surface area (Å²) in [5.41, 5.74) is 4.97.